The fourth-order valence-electron chi connectivity index (χ4n) is 4.53. The number of aryl methyl sites for hydroxylation is 1. The van der Waals surface area contributed by atoms with Crippen LogP contribution in [0.5, 0.6) is 11.5 Å². The van der Waals surface area contributed by atoms with Gasteiger partial charge in [-0.25, -0.2) is 4.98 Å². The Kier molecular flexibility index (Phi) is 6.46. The van der Waals surface area contributed by atoms with Crippen molar-refractivity contribution in [3.05, 3.63) is 93.5 Å². The first-order chi connectivity index (χ1) is 17.5. The molecule has 2 aromatic carbocycles. The van der Waals surface area contributed by atoms with Crippen LogP contribution in [0.3, 0.4) is 0 Å². The lowest BCUT2D eigenvalue weighted by molar-refractivity contribution is 0.0970. The van der Waals surface area contributed by atoms with Gasteiger partial charge in [-0.15, -0.1) is 0 Å². The Labute approximate surface area is 209 Å². The molecule has 1 aliphatic rings. The van der Waals surface area contributed by atoms with Gasteiger partial charge in [-0.1, -0.05) is 31.5 Å². The van der Waals surface area contributed by atoms with Crippen LogP contribution in [0, 0.1) is 6.92 Å². The molecule has 7 nitrogen and oxygen atoms in total. The maximum absolute atomic E-state index is 13.7. The molecule has 0 saturated heterocycles. The summed E-state index contributed by atoms with van der Waals surface area (Å²) in [6.07, 6.45) is 3.60. The number of para-hydroxylation sites is 1. The summed E-state index contributed by atoms with van der Waals surface area (Å²) >= 11 is 0. The number of carbonyl (C=O) groups is 1. The third kappa shape index (κ3) is 4.11. The molecule has 0 saturated carbocycles. The van der Waals surface area contributed by atoms with Gasteiger partial charge < -0.3 is 13.9 Å². The number of hydrogen-bond acceptors (Lipinski definition) is 6. The van der Waals surface area contributed by atoms with E-state index in [4.69, 9.17) is 13.9 Å². The van der Waals surface area contributed by atoms with Gasteiger partial charge in [0.15, 0.2) is 16.9 Å². The van der Waals surface area contributed by atoms with Gasteiger partial charge in [-0.05, 0) is 67.8 Å². The zero-order chi connectivity index (χ0) is 25.2. The molecule has 2 aromatic heterocycles. The number of aromatic nitrogens is 1. The van der Waals surface area contributed by atoms with Gasteiger partial charge in [0.05, 0.1) is 30.2 Å². The van der Waals surface area contributed by atoms with Gasteiger partial charge >= 0.3 is 0 Å². The molecule has 1 atom stereocenters. The third-order valence-corrected chi connectivity index (χ3v) is 6.26. The molecule has 1 amide bonds. The Morgan fingerprint density at radius 2 is 1.83 bits per heavy atom. The van der Waals surface area contributed by atoms with E-state index in [1.165, 1.54) is 4.90 Å². The maximum atomic E-state index is 13.7. The highest BCUT2D eigenvalue weighted by molar-refractivity contribution is 6.10. The number of benzene rings is 2. The summed E-state index contributed by atoms with van der Waals surface area (Å²) in [6.45, 7) is 6.97. The number of pyridine rings is 1. The van der Waals surface area contributed by atoms with Crippen LogP contribution >= 0.6 is 0 Å². The zero-order valence-electron chi connectivity index (χ0n) is 20.6. The van der Waals surface area contributed by atoms with Crippen LogP contribution in [0.15, 0.2) is 70.0 Å². The number of amides is 1. The summed E-state index contributed by atoms with van der Waals surface area (Å²) in [7, 11) is 0. The monoisotopic (exact) mass is 484 g/mol. The van der Waals surface area contributed by atoms with Crippen LogP contribution in [-0.2, 0) is 0 Å². The predicted octanol–water partition coefficient (Wildman–Crippen LogP) is 5.82. The lowest BCUT2D eigenvalue weighted by atomic mass is 9.98. The van der Waals surface area contributed by atoms with Crippen LogP contribution in [0.1, 0.15) is 60.0 Å². The number of rotatable bonds is 8. The van der Waals surface area contributed by atoms with Gasteiger partial charge in [0.1, 0.15) is 11.4 Å². The average Bonchev–Trinajstić information content (AvgIpc) is 3.18. The molecule has 0 bridgehead atoms. The molecule has 0 aliphatic carbocycles. The van der Waals surface area contributed by atoms with E-state index in [0.717, 1.165) is 18.4 Å². The van der Waals surface area contributed by atoms with Crippen LogP contribution in [0.2, 0.25) is 0 Å². The molecular formula is C29H28N2O5. The smallest absolute Gasteiger partial charge is 0.296 e. The predicted molar refractivity (Wildman–Crippen MR) is 138 cm³/mol. The van der Waals surface area contributed by atoms with Crippen LogP contribution < -0.4 is 19.8 Å². The molecule has 5 rings (SSSR count). The van der Waals surface area contributed by atoms with E-state index < -0.39 is 11.9 Å². The van der Waals surface area contributed by atoms with Gasteiger partial charge in [-0.2, -0.15) is 0 Å². The Hall–Kier alpha value is -4.13. The number of hydrogen-bond donors (Lipinski definition) is 0. The molecule has 0 spiro atoms. The van der Waals surface area contributed by atoms with Gasteiger partial charge in [-0.3, -0.25) is 14.5 Å². The second-order valence-corrected chi connectivity index (χ2v) is 8.78. The SMILES string of the molecule is CCCCOc1ccc(C2c3c(oc4ccccc4c3=O)C(=O)N2c2cc(C)ccn2)cc1OCC. The topological polar surface area (TPSA) is 81.9 Å². The zero-order valence-corrected chi connectivity index (χ0v) is 20.6. The molecule has 4 aromatic rings. The number of ether oxygens (including phenoxy) is 2. The van der Waals surface area contributed by atoms with Crippen molar-refractivity contribution in [3.8, 4) is 11.5 Å². The molecule has 0 radical (unpaired) electrons. The number of fused-ring (bicyclic) bond motifs is 2. The van der Waals surface area contributed by atoms with E-state index in [0.29, 0.717) is 52.6 Å². The second kappa shape index (κ2) is 9.85. The van der Waals surface area contributed by atoms with Crippen molar-refractivity contribution in [1.29, 1.82) is 0 Å². The van der Waals surface area contributed by atoms with Crippen LogP contribution in [0.4, 0.5) is 5.82 Å². The van der Waals surface area contributed by atoms with Crippen molar-refractivity contribution >= 4 is 22.7 Å². The van der Waals surface area contributed by atoms with E-state index in [-0.39, 0.29) is 11.2 Å². The van der Waals surface area contributed by atoms with Crippen LogP contribution in [0.25, 0.3) is 11.0 Å². The normalized spacial score (nSPS) is 14.8. The summed E-state index contributed by atoms with van der Waals surface area (Å²) < 4.78 is 17.9. The molecule has 0 fully saturated rings. The molecule has 36 heavy (non-hydrogen) atoms. The summed E-state index contributed by atoms with van der Waals surface area (Å²) in [5.41, 5.74) is 2.09. The minimum absolute atomic E-state index is 0.0354. The van der Waals surface area contributed by atoms with Crippen molar-refractivity contribution in [3.63, 3.8) is 0 Å². The Morgan fingerprint density at radius 1 is 1.00 bits per heavy atom. The van der Waals surface area contributed by atoms with Gasteiger partial charge in [0, 0.05) is 6.20 Å². The minimum atomic E-state index is -0.730. The molecular weight excluding hydrogens is 456 g/mol. The summed E-state index contributed by atoms with van der Waals surface area (Å²) in [5, 5.41) is 0.428. The fraction of sp³-hybridized carbons (Fsp3) is 0.276. The van der Waals surface area contributed by atoms with E-state index in [9.17, 15) is 9.59 Å². The Balaban J connectivity index is 1.71. The van der Waals surface area contributed by atoms with E-state index in [1.807, 2.05) is 44.2 Å². The van der Waals surface area contributed by atoms with E-state index in [2.05, 4.69) is 11.9 Å². The van der Waals surface area contributed by atoms with Crippen molar-refractivity contribution in [2.45, 2.75) is 39.7 Å². The van der Waals surface area contributed by atoms with Crippen LogP contribution in [-0.4, -0.2) is 24.1 Å². The van der Waals surface area contributed by atoms with Crippen molar-refractivity contribution in [1.82, 2.24) is 4.98 Å². The van der Waals surface area contributed by atoms with E-state index in [1.54, 1.807) is 30.5 Å². The first kappa shape index (κ1) is 23.6. The second-order valence-electron chi connectivity index (χ2n) is 8.78. The van der Waals surface area contributed by atoms with Crippen molar-refractivity contribution < 1.29 is 18.7 Å². The molecule has 0 N–H and O–H groups in total. The number of unbranched alkanes of at least 4 members (excludes halogenated alkanes) is 1. The number of carbonyl (C=O) groups excluding carboxylic acids is 1. The molecule has 184 valence electrons. The van der Waals surface area contributed by atoms with E-state index >= 15 is 0 Å². The third-order valence-electron chi connectivity index (χ3n) is 6.26. The fourth-order valence-corrected chi connectivity index (χ4v) is 4.53. The highest BCUT2D eigenvalue weighted by Crippen LogP contribution is 2.43. The number of anilines is 1. The maximum Gasteiger partial charge on any atom is 0.296 e. The first-order valence-corrected chi connectivity index (χ1v) is 12.2. The first-order valence-electron chi connectivity index (χ1n) is 12.2. The Morgan fingerprint density at radius 3 is 2.61 bits per heavy atom. The largest absolute Gasteiger partial charge is 0.490 e. The van der Waals surface area contributed by atoms with Crippen molar-refractivity contribution in [2.24, 2.45) is 0 Å². The minimum Gasteiger partial charge on any atom is -0.490 e. The Bertz CT molecular complexity index is 1490. The molecule has 7 heteroatoms. The quantitative estimate of drug-likeness (QED) is 0.293. The molecule has 3 heterocycles. The molecule has 1 aliphatic heterocycles. The summed E-state index contributed by atoms with van der Waals surface area (Å²) in [5.74, 6) is 1.27. The highest BCUT2D eigenvalue weighted by Gasteiger charge is 2.44. The average molecular weight is 485 g/mol. The lowest BCUT2D eigenvalue weighted by Gasteiger charge is -2.25. The number of nitrogens with zero attached hydrogens (tertiary/aromatic N) is 2. The lowest BCUT2D eigenvalue weighted by Crippen LogP contribution is -2.30. The van der Waals surface area contributed by atoms with Gasteiger partial charge in [0.25, 0.3) is 5.91 Å². The van der Waals surface area contributed by atoms with Crippen molar-refractivity contribution in [2.75, 3.05) is 18.1 Å². The highest BCUT2D eigenvalue weighted by atomic mass is 16.5. The van der Waals surface area contributed by atoms with Gasteiger partial charge in [0.2, 0.25) is 5.76 Å². The summed E-state index contributed by atoms with van der Waals surface area (Å²) in [6, 6.07) is 15.5. The standard InChI is InChI=1S/C29H28N2O5/c1-4-6-15-35-22-12-11-19(17-23(22)34-5-2)26-25-27(32)20-9-7-8-10-21(20)36-28(25)29(33)31(26)24-16-18(3)13-14-30-24/h7-14,16-17,26H,4-6,15H2,1-3H3. The molecule has 1 unspecified atom stereocenters. The summed E-state index contributed by atoms with van der Waals surface area (Å²) in [4.78, 5) is 33.5.